The van der Waals surface area contributed by atoms with Crippen LogP contribution in [0, 0.1) is 5.92 Å². The molecule has 1 fully saturated rings. The van der Waals surface area contributed by atoms with Crippen LogP contribution in [0.5, 0.6) is 5.75 Å². The SMILES string of the molecule is COC(=O)Cc1ccc(OC(=O)C2CCN(c3ccccc3)C2)cc1. The molecular weight excluding hydrogens is 318 g/mol. The van der Waals surface area contributed by atoms with E-state index in [2.05, 4.69) is 9.64 Å². The van der Waals surface area contributed by atoms with Crippen molar-refractivity contribution in [3.05, 3.63) is 60.2 Å². The molecule has 25 heavy (non-hydrogen) atoms. The van der Waals surface area contributed by atoms with E-state index in [0.29, 0.717) is 12.3 Å². The van der Waals surface area contributed by atoms with E-state index in [1.165, 1.54) is 7.11 Å². The Bertz CT molecular complexity index is 727. The lowest BCUT2D eigenvalue weighted by atomic mass is 10.1. The van der Waals surface area contributed by atoms with Gasteiger partial charge in [0.2, 0.25) is 0 Å². The number of benzene rings is 2. The highest BCUT2D eigenvalue weighted by Gasteiger charge is 2.30. The van der Waals surface area contributed by atoms with Gasteiger partial charge in [-0.05, 0) is 36.2 Å². The van der Waals surface area contributed by atoms with Crippen LogP contribution in [0.1, 0.15) is 12.0 Å². The molecule has 0 N–H and O–H groups in total. The second kappa shape index (κ2) is 7.83. The molecule has 0 aromatic heterocycles. The summed E-state index contributed by atoms with van der Waals surface area (Å²) in [7, 11) is 1.36. The average Bonchev–Trinajstić information content (AvgIpc) is 3.14. The van der Waals surface area contributed by atoms with Gasteiger partial charge in [0.15, 0.2) is 0 Å². The second-order valence-electron chi connectivity index (χ2n) is 6.09. The van der Waals surface area contributed by atoms with Gasteiger partial charge >= 0.3 is 11.9 Å². The number of hydrogen-bond donors (Lipinski definition) is 0. The monoisotopic (exact) mass is 339 g/mol. The number of hydrogen-bond acceptors (Lipinski definition) is 5. The molecule has 0 saturated carbocycles. The largest absolute Gasteiger partial charge is 0.469 e. The van der Waals surface area contributed by atoms with Gasteiger partial charge in [0.05, 0.1) is 19.4 Å². The zero-order valence-electron chi connectivity index (χ0n) is 14.2. The molecule has 0 spiro atoms. The smallest absolute Gasteiger partial charge is 0.316 e. The first-order valence-corrected chi connectivity index (χ1v) is 8.33. The van der Waals surface area contributed by atoms with Crippen LogP contribution >= 0.6 is 0 Å². The van der Waals surface area contributed by atoms with Crippen LogP contribution in [-0.4, -0.2) is 32.1 Å². The van der Waals surface area contributed by atoms with E-state index in [0.717, 1.165) is 24.2 Å². The van der Waals surface area contributed by atoms with Crippen LogP contribution < -0.4 is 9.64 Å². The van der Waals surface area contributed by atoms with Crippen molar-refractivity contribution in [2.24, 2.45) is 5.92 Å². The van der Waals surface area contributed by atoms with Gasteiger partial charge in [-0.15, -0.1) is 0 Å². The van der Waals surface area contributed by atoms with Gasteiger partial charge in [-0.3, -0.25) is 9.59 Å². The van der Waals surface area contributed by atoms with E-state index in [1.807, 2.05) is 30.3 Å². The molecule has 1 heterocycles. The fourth-order valence-electron chi connectivity index (χ4n) is 2.94. The lowest BCUT2D eigenvalue weighted by Crippen LogP contribution is -2.25. The van der Waals surface area contributed by atoms with Crippen molar-refractivity contribution in [2.75, 3.05) is 25.1 Å². The van der Waals surface area contributed by atoms with E-state index in [-0.39, 0.29) is 24.3 Å². The van der Waals surface area contributed by atoms with Crippen molar-refractivity contribution in [2.45, 2.75) is 12.8 Å². The van der Waals surface area contributed by atoms with Gasteiger partial charge in [0.25, 0.3) is 0 Å². The molecule has 5 nitrogen and oxygen atoms in total. The van der Waals surface area contributed by atoms with Crippen molar-refractivity contribution in [3.63, 3.8) is 0 Å². The van der Waals surface area contributed by atoms with E-state index < -0.39 is 0 Å². The van der Waals surface area contributed by atoms with E-state index >= 15 is 0 Å². The Kier molecular flexibility index (Phi) is 5.33. The van der Waals surface area contributed by atoms with Crippen molar-refractivity contribution in [3.8, 4) is 5.75 Å². The third kappa shape index (κ3) is 4.38. The first kappa shape index (κ1) is 17.0. The van der Waals surface area contributed by atoms with Crippen LogP contribution in [0.2, 0.25) is 0 Å². The standard InChI is InChI=1S/C20H21NO4/c1-24-19(22)13-15-7-9-18(10-8-15)25-20(23)16-11-12-21(14-16)17-5-3-2-4-6-17/h2-10,16H,11-14H2,1H3. The molecule has 1 unspecified atom stereocenters. The molecule has 0 aliphatic carbocycles. The Morgan fingerprint density at radius 1 is 1.08 bits per heavy atom. The van der Waals surface area contributed by atoms with Crippen molar-refractivity contribution in [1.82, 2.24) is 0 Å². The minimum Gasteiger partial charge on any atom is -0.469 e. The quantitative estimate of drug-likeness (QED) is 0.619. The first-order chi connectivity index (χ1) is 12.2. The molecule has 0 bridgehead atoms. The van der Waals surface area contributed by atoms with Gasteiger partial charge < -0.3 is 14.4 Å². The molecule has 0 amide bonds. The lowest BCUT2D eigenvalue weighted by molar-refractivity contribution is -0.140. The molecule has 2 aromatic carbocycles. The number of ether oxygens (including phenoxy) is 2. The maximum atomic E-state index is 12.4. The predicted molar refractivity (Wildman–Crippen MR) is 94.6 cm³/mol. The third-order valence-electron chi connectivity index (χ3n) is 4.36. The number of esters is 2. The zero-order valence-corrected chi connectivity index (χ0v) is 14.2. The fraction of sp³-hybridized carbons (Fsp3) is 0.300. The van der Waals surface area contributed by atoms with Crippen LogP contribution in [-0.2, 0) is 20.7 Å². The van der Waals surface area contributed by atoms with Gasteiger partial charge in [-0.25, -0.2) is 0 Å². The number of nitrogens with zero attached hydrogens (tertiary/aromatic N) is 1. The number of carbonyl (C=O) groups excluding carboxylic acids is 2. The molecule has 1 saturated heterocycles. The first-order valence-electron chi connectivity index (χ1n) is 8.33. The highest BCUT2D eigenvalue weighted by atomic mass is 16.5. The van der Waals surface area contributed by atoms with Gasteiger partial charge in [0.1, 0.15) is 5.75 Å². The number of methoxy groups -OCH3 is 1. The van der Waals surface area contributed by atoms with Crippen LogP contribution in [0.3, 0.4) is 0 Å². The summed E-state index contributed by atoms with van der Waals surface area (Å²) in [6.45, 7) is 1.52. The van der Waals surface area contributed by atoms with Gasteiger partial charge in [-0.1, -0.05) is 30.3 Å². The molecule has 1 aliphatic rings. The van der Waals surface area contributed by atoms with Gasteiger partial charge in [-0.2, -0.15) is 0 Å². The van der Waals surface area contributed by atoms with E-state index in [1.54, 1.807) is 24.3 Å². The maximum Gasteiger partial charge on any atom is 0.316 e. The topological polar surface area (TPSA) is 55.8 Å². The summed E-state index contributed by atoms with van der Waals surface area (Å²) in [5.74, 6) is -0.136. The van der Waals surface area contributed by atoms with Gasteiger partial charge in [0, 0.05) is 18.8 Å². The number of rotatable bonds is 5. The number of anilines is 1. The number of para-hydroxylation sites is 1. The molecule has 3 rings (SSSR count). The summed E-state index contributed by atoms with van der Waals surface area (Å²) in [6, 6.07) is 17.0. The summed E-state index contributed by atoms with van der Waals surface area (Å²) in [4.78, 5) is 25.8. The summed E-state index contributed by atoms with van der Waals surface area (Å²) >= 11 is 0. The zero-order chi connectivity index (χ0) is 17.6. The van der Waals surface area contributed by atoms with Crippen LogP contribution in [0.15, 0.2) is 54.6 Å². The second-order valence-corrected chi connectivity index (χ2v) is 6.09. The predicted octanol–water partition coefficient (Wildman–Crippen LogP) is 2.83. The normalized spacial score (nSPS) is 16.5. The molecule has 2 aromatic rings. The molecule has 5 heteroatoms. The Morgan fingerprint density at radius 2 is 1.80 bits per heavy atom. The summed E-state index contributed by atoms with van der Waals surface area (Å²) < 4.78 is 10.1. The third-order valence-corrected chi connectivity index (χ3v) is 4.36. The molecule has 0 radical (unpaired) electrons. The van der Waals surface area contributed by atoms with E-state index in [4.69, 9.17) is 4.74 Å². The summed E-state index contributed by atoms with van der Waals surface area (Å²) in [6.07, 6.45) is 0.994. The van der Waals surface area contributed by atoms with Crippen LogP contribution in [0.4, 0.5) is 5.69 Å². The van der Waals surface area contributed by atoms with Crippen molar-refractivity contribution in [1.29, 1.82) is 0 Å². The Labute approximate surface area is 147 Å². The van der Waals surface area contributed by atoms with E-state index in [9.17, 15) is 9.59 Å². The Morgan fingerprint density at radius 3 is 2.48 bits per heavy atom. The lowest BCUT2D eigenvalue weighted by Gasteiger charge is -2.18. The minimum atomic E-state index is -0.295. The highest BCUT2D eigenvalue weighted by molar-refractivity contribution is 5.77. The molecule has 130 valence electrons. The number of carbonyl (C=O) groups is 2. The summed E-state index contributed by atoms with van der Waals surface area (Å²) in [5.41, 5.74) is 1.95. The Balaban J connectivity index is 1.55. The fourth-order valence-corrected chi connectivity index (χ4v) is 2.94. The molecule has 1 atom stereocenters. The van der Waals surface area contributed by atoms with Crippen molar-refractivity contribution >= 4 is 17.6 Å². The highest BCUT2D eigenvalue weighted by Crippen LogP contribution is 2.25. The minimum absolute atomic E-state index is 0.130. The summed E-state index contributed by atoms with van der Waals surface area (Å²) in [5, 5.41) is 0. The Hall–Kier alpha value is -2.82. The average molecular weight is 339 g/mol. The maximum absolute atomic E-state index is 12.4. The van der Waals surface area contributed by atoms with Crippen molar-refractivity contribution < 1.29 is 19.1 Å². The van der Waals surface area contributed by atoms with Crippen LogP contribution in [0.25, 0.3) is 0 Å². The molecule has 1 aliphatic heterocycles. The molecular formula is C20H21NO4.